The molecule has 1 unspecified atom stereocenters. The van der Waals surface area contributed by atoms with Crippen molar-refractivity contribution in [2.45, 2.75) is 30.8 Å². The fourth-order valence-corrected chi connectivity index (χ4v) is 4.24. The molecule has 3 aromatic rings. The molecular formula is C20H21N3O5S. The average molecular weight is 415 g/mol. The summed E-state index contributed by atoms with van der Waals surface area (Å²) in [4.78, 5) is 27.8. The summed E-state index contributed by atoms with van der Waals surface area (Å²) in [5.74, 6) is 0.0970. The maximum atomic E-state index is 12.4. The van der Waals surface area contributed by atoms with E-state index in [1.807, 2.05) is 6.92 Å². The first kappa shape index (κ1) is 19.3. The van der Waals surface area contributed by atoms with Gasteiger partial charge in [0.1, 0.15) is 5.52 Å². The van der Waals surface area contributed by atoms with Crippen LogP contribution in [-0.2, 0) is 21.7 Å². The third-order valence-electron chi connectivity index (χ3n) is 5.04. The normalized spacial score (nSPS) is 16.4. The van der Waals surface area contributed by atoms with Gasteiger partial charge in [-0.05, 0) is 24.6 Å². The zero-order valence-electron chi connectivity index (χ0n) is 16.3. The van der Waals surface area contributed by atoms with Gasteiger partial charge in [-0.25, -0.2) is 8.42 Å². The first-order valence-electron chi connectivity index (χ1n) is 9.23. The highest BCUT2D eigenvalue weighted by molar-refractivity contribution is 7.90. The fraction of sp³-hybridized carbons (Fsp3) is 0.300. The molecule has 4 rings (SSSR count). The number of nitrogens with zero attached hydrogens (tertiary/aromatic N) is 1. The molecule has 29 heavy (non-hydrogen) atoms. The summed E-state index contributed by atoms with van der Waals surface area (Å²) in [5, 5.41) is 3.43. The van der Waals surface area contributed by atoms with E-state index in [1.54, 1.807) is 25.5 Å². The molecule has 152 valence electrons. The third kappa shape index (κ3) is 3.21. The van der Waals surface area contributed by atoms with E-state index in [2.05, 4.69) is 10.3 Å². The van der Waals surface area contributed by atoms with Gasteiger partial charge in [-0.3, -0.25) is 9.59 Å². The quantitative estimate of drug-likeness (QED) is 0.680. The first-order valence-corrected chi connectivity index (χ1v) is 11.1. The molecule has 0 saturated carbocycles. The van der Waals surface area contributed by atoms with Gasteiger partial charge >= 0.3 is 0 Å². The van der Waals surface area contributed by atoms with Crippen molar-refractivity contribution in [1.82, 2.24) is 9.55 Å². The number of hydrogen-bond donors (Lipinski definition) is 2. The van der Waals surface area contributed by atoms with E-state index >= 15 is 0 Å². The highest BCUT2D eigenvalue weighted by Gasteiger charge is 2.31. The van der Waals surface area contributed by atoms with Crippen LogP contribution in [-0.4, -0.2) is 36.2 Å². The van der Waals surface area contributed by atoms with Crippen molar-refractivity contribution in [3.8, 4) is 16.9 Å². The highest BCUT2D eigenvalue weighted by Crippen LogP contribution is 2.43. The number of nitrogens with one attached hydrogen (secondary N) is 2. The molecule has 8 nitrogen and oxygen atoms in total. The van der Waals surface area contributed by atoms with Gasteiger partial charge in [0.15, 0.2) is 21.7 Å². The highest BCUT2D eigenvalue weighted by atomic mass is 32.2. The molecule has 1 atom stereocenters. The maximum Gasteiger partial charge on any atom is 0.274 e. The lowest BCUT2D eigenvalue weighted by atomic mass is 10.0. The number of hydrogen-bond acceptors (Lipinski definition) is 5. The molecule has 1 amide bonds. The Bertz CT molecular complexity index is 1300. The van der Waals surface area contributed by atoms with E-state index in [-0.39, 0.29) is 16.4 Å². The van der Waals surface area contributed by atoms with Crippen LogP contribution in [0.2, 0.25) is 0 Å². The molecule has 0 radical (unpaired) electrons. The number of carbonyl (C=O) groups excluding carboxylic acids is 1. The zero-order valence-corrected chi connectivity index (χ0v) is 17.1. The van der Waals surface area contributed by atoms with Gasteiger partial charge in [0, 0.05) is 42.2 Å². The molecule has 1 aliphatic rings. The van der Waals surface area contributed by atoms with Crippen LogP contribution < -0.4 is 15.6 Å². The van der Waals surface area contributed by atoms with E-state index in [0.29, 0.717) is 39.9 Å². The van der Waals surface area contributed by atoms with Crippen LogP contribution in [0.1, 0.15) is 19.8 Å². The fourth-order valence-electron chi connectivity index (χ4n) is 3.58. The van der Waals surface area contributed by atoms with Gasteiger partial charge in [-0.1, -0.05) is 13.3 Å². The minimum Gasteiger partial charge on any atom is -0.478 e. The Balaban J connectivity index is 2.05. The molecule has 0 fully saturated rings. The van der Waals surface area contributed by atoms with Crippen molar-refractivity contribution in [2.24, 2.45) is 7.05 Å². The van der Waals surface area contributed by atoms with Crippen LogP contribution in [0.25, 0.3) is 22.0 Å². The van der Waals surface area contributed by atoms with Crippen molar-refractivity contribution in [3.63, 3.8) is 0 Å². The smallest absolute Gasteiger partial charge is 0.274 e. The lowest BCUT2D eigenvalue weighted by Crippen LogP contribution is -2.37. The van der Waals surface area contributed by atoms with Gasteiger partial charge in [-0.2, -0.15) is 0 Å². The average Bonchev–Trinajstić information content (AvgIpc) is 3.14. The van der Waals surface area contributed by atoms with Gasteiger partial charge in [0.25, 0.3) is 11.5 Å². The van der Waals surface area contributed by atoms with Crippen molar-refractivity contribution in [3.05, 3.63) is 40.9 Å². The topological polar surface area (TPSA) is 110 Å². The molecule has 0 spiro atoms. The number of aromatic amines is 1. The molecular weight excluding hydrogens is 394 g/mol. The predicted octanol–water partition coefficient (Wildman–Crippen LogP) is 2.44. The van der Waals surface area contributed by atoms with Crippen molar-refractivity contribution in [1.29, 1.82) is 0 Å². The van der Waals surface area contributed by atoms with Gasteiger partial charge in [0.2, 0.25) is 0 Å². The minimum atomic E-state index is -3.55. The number of benzene rings is 1. The number of rotatable bonds is 4. The summed E-state index contributed by atoms with van der Waals surface area (Å²) in [7, 11) is -1.92. The van der Waals surface area contributed by atoms with Crippen LogP contribution >= 0.6 is 0 Å². The standard InChI is InChI=1S/C20H21N3O5S/c1-4-5-16-19(24)22-15-9-11(29(3,26)27)8-13(18(15)28-16)14-10-23(2)20(25)17-12(14)6-7-21-17/h6-10,16,21H,4-5H2,1-3H3,(H,22,24). The van der Waals surface area contributed by atoms with Crippen LogP contribution in [0.5, 0.6) is 5.75 Å². The number of H-pyrrole nitrogens is 1. The second-order valence-corrected chi connectivity index (χ2v) is 9.25. The number of aromatic nitrogens is 2. The van der Waals surface area contributed by atoms with Crippen molar-refractivity contribution >= 4 is 32.3 Å². The van der Waals surface area contributed by atoms with E-state index < -0.39 is 15.9 Å². The molecule has 1 aromatic carbocycles. The van der Waals surface area contributed by atoms with Crippen LogP contribution in [0, 0.1) is 0 Å². The summed E-state index contributed by atoms with van der Waals surface area (Å²) in [6.45, 7) is 1.95. The van der Waals surface area contributed by atoms with E-state index in [9.17, 15) is 18.0 Å². The summed E-state index contributed by atoms with van der Waals surface area (Å²) in [5.41, 5.74) is 1.66. The Morgan fingerprint density at radius 1 is 1.21 bits per heavy atom. The number of ether oxygens (including phenoxy) is 1. The van der Waals surface area contributed by atoms with Crippen molar-refractivity contribution < 1.29 is 17.9 Å². The molecule has 3 heterocycles. The zero-order chi connectivity index (χ0) is 20.9. The van der Waals surface area contributed by atoms with E-state index in [0.717, 1.165) is 12.7 Å². The molecule has 1 aliphatic heterocycles. The molecule has 2 N–H and O–H groups in total. The number of aryl methyl sites for hydroxylation is 1. The molecule has 2 aromatic heterocycles. The Kier molecular flexibility index (Phi) is 4.49. The second kappa shape index (κ2) is 6.77. The number of amides is 1. The third-order valence-corrected chi connectivity index (χ3v) is 6.13. The number of sulfone groups is 1. The SMILES string of the molecule is CCCC1Oc2c(cc(S(C)(=O)=O)cc2-c2cn(C)c(=O)c3[nH]ccc23)NC1=O. The predicted molar refractivity (Wildman–Crippen MR) is 110 cm³/mol. The second-order valence-electron chi connectivity index (χ2n) is 7.23. The van der Waals surface area contributed by atoms with Crippen LogP contribution in [0.4, 0.5) is 5.69 Å². The monoisotopic (exact) mass is 415 g/mol. The van der Waals surface area contributed by atoms with Crippen LogP contribution in [0.3, 0.4) is 0 Å². The number of fused-ring (bicyclic) bond motifs is 2. The Morgan fingerprint density at radius 2 is 1.97 bits per heavy atom. The lowest BCUT2D eigenvalue weighted by Gasteiger charge is -2.28. The summed E-state index contributed by atoms with van der Waals surface area (Å²) < 4.78 is 32.0. The molecule has 0 saturated heterocycles. The van der Waals surface area contributed by atoms with Crippen LogP contribution in [0.15, 0.2) is 40.3 Å². The van der Waals surface area contributed by atoms with E-state index in [4.69, 9.17) is 4.74 Å². The summed E-state index contributed by atoms with van der Waals surface area (Å²) in [6.07, 6.45) is 5.04. The summed E-state index contributed by atoms with van der Waals surface area (Å²) in [6, 6.07) is 4.70. The molecule has 0 aliphatic carbocycles. The first-order chi connectivity index (χ1) is 13.7. The number of carbonyl (C=O) groups is 1. The Hall–Kier alpha value is -3.07. The largest absolute Gasteiger partial charge is 0.478 e. The van der Waals surface area contributed by atoms with Gasteiger partial charge in [-0.15, -0.1) is 0 Å². The Labute approximate surface area is 167 Å². The summed E-state index contributed by atoms with van der Waals surface area (Å²) >= 11 is 0. The van der Waals surface area contributed by atoms with Gasteiger partial charge in [0.05, 0.1) is 10.6 Å². The van der Waals surface area contributed by atoms with Crippen molar-refractivity contribution in [2.75, 3.05) is 11.6 Å². The maximum absolute atomic E-state index is 12.4. The number of anilines is 1. The van der Waals surface area contributed by atoms with Gasteiger partial charge < -0.3 is 19.6 Å². The Morgan fingerprint density at radius 3 is 2.66 bits per heavy atom. The minimum absolute atomic E-state index is 0.0571. The lowest BCUT2D eigenvalue weighted by molar-refractivity contribution is -0.123. The van der Waals surface area contributed by atoms with E-state index in [1.165, 1.54) is 16.7 Å². The molecule has 0 bridgehead atoms. The number of pyridine rings is 1. The molecule has 9 heteroatoms.